The summed E-state index contributed by atoms with van der Waals surface area (Å²) in [6.07, 6.45) is 0. The Labute approximate surface area is 367 Å². The number of nitrogens with zero attached hydrogens (tertiary/aromatic N) is 3. The van der Waals surface area contributed by atoms with Crippen LogP contribution in [0.25, 0.3) is 45.3 Å². The zero-order chi connectivity index (χ0) is 41.8. The maximum Gasteiger partial charge on any atom is 0.179 e. The fraction of sp³-hybridized carbons (Fsp3) is 0.0172. The van der Waals surface area contributed by atoms with Gasteiger partial charge < -0.3 is 4.74 Å². The second-order valence-corrected chi connectivity index (χ2v) is 20.1. The molecule has 0 saturated heterocycles. The van der Waals surface area contributed by atoms with Crippen LogP contribution < -0.4 is 25.5 Å². The van der Waals surface area contributed by atoms with E-state index >= 15 is 0 Å². The number of para-hydroxylation sites is 1. The molecule has 1 aliphatic heterocycles. The van der Waals surface area contributed by atoms with Gasteiger partial charge in [0, 0.05) is 27.8 Å². The summed E-state index contributed by atoms with van der Waals surface area (Å²) in [4.78, 5) is 15.6. The molecule has 2 heterocycles. The van der Waals surface area contributed by atoms with Crippen molar-refractivity contribution in [3.8, 4) is 56.8 Å². The summed E-state index contributed by atoms with van der Waals surface area (Å²) in [7, 11) is -2.72. The predicted octanol–water partition coefficient (Wildman–Crippen LogP) is 10.7. The van der Waals surface area contributed by atoms with Crippen LogP contribution in [-0.4, -0.2) is 23.0 Å². The van der Waals surface area contributed by atoms with E-state index < -0.39 is 13.5 Å². The first-order valence-electron chi connectivity index (χ1n) is 21.4. The molecule has 4 nitrogen and oxygen atoms in total. The molecule has 1 aliphatic carbocycles. The highest BCUT2D eigenvalue weighted by Gasteiger charge is 2.51. The summed E-state index contributed by atoms with van der Waals surface area (Å²) < 4.78 is 6.87. The van der Waals surface area contributed by atoms with Gasteiger partial charge in [-0.25, -0.2) is 15.0 Å². The largest absolute Gasteiger partial charge is 0.457 e. The number of benzene rings is 9. The van der Waals surface area contributed by atoms with Crippen molar-refractivity contribution in [3.05, 3.63) is 259 Å². The van der Waals surface area contributed by atoms with Crippen LogP contribution >= 0.6 is 0 Å². The highest BCUT2D eigenvalue weighted by Crippen LogP contribution is 2.62. The van der Waals surface area contributed by atoms with Crippen LogP contribution in [0.5, 0.6) is 11.5 Å². The van der Waals surface area contributed by atoms with Gasteiger partial charge in [-0.2, -0.15) is 0 Å². The molecule has 0 unspecified atom stereocenters. The van der Waals surface area contributed by atoms with Crippen LogP contribution in [0.1, 0.15) is 22.3 Å². The zero-order valence-corrected chi connectivity index (χ0v) is 35.3. The molecule has 0 fully saturated rings. The van der Waals surface area contributed by atoms with Gasteiger partial charge in [-0.1, -0.05) is 224 Å². The molecule has 0 saturated carbocycles. The minimum absolute atomic E-state index is 0.547. The summed E-state index contributed by atoms with van der Waals surface area (Å²) in [6, 6.07) is 84.7. The minimum atomic E-state index is -2.72. The van der Waals surface area contributed by atoms with Gasteiger partial charge in [0.25, 0.3) is 0 Å². The van der Waals surface area contributed by atoms with Gasteiger partial charge in [0.15, 0.2) is 25.5 Å². The molecule has 296 valence electrons. The Morgan fingerprint density at radius 2 is 0.683 bits per heavy atom. The van der Waals surface area contributed by atoms with Crippen molar-refractivity contribution >= 4 is 28.8 Å². The molecule has 10 aromatic rings. The van der Waals surface area contributed by atoms with Gasteiger partial charge in [-0.05, 0) is 55.1 Å². The Morgan fingerprint density at radius 3 is 1.22 bits per heavy atom. The summed E-state index contributed by atoms with van der Waals surface area (Å²) >= 11 is 0. The van der Waals surface area contributed by atoms with E-state index in [4.69, 9.17) is 19.7 Å². The molecule has 9 aromatic carbocycles. The third-order valence-corrected chi connectivity index (χ3v) is 17.8. The third kappa shape index (κ3) is 5.71. The lowest BCUT2D eigenvalue weighted by molar-refractivity contribution is 0.436. The first-order valence-corrected chi connectivity index (χ1v) is 23.4. The standard InChI is InChI=1S/C58H39N3OSi/c1-5-19-40(20-6-1)55-59-56(41-33-36-46(37-34-41)63(43-21-7-2-8-22-43,44-23-9-3-10-24-44)45-25-11-4-12-26-45)61-57(60-55)42-35-38-52-54(39-42)62-53-32-18-17-31-51(53)58(52)49-29-15-13-27-47(49)48-28-14-16-30-50(48)58/h1-39H. The fourth-order valence-corrected chi connectivity index (χ4v) is 15.0. The van der Waals surface area contributed by atoms with E-state index in [1.54, 1.807) is 0 Å². The number of ether oxygens (including phenoxy) is 1. The van der Waals surface area contributed by atoms with E-state index in [1.165, 1.54) is 43.0 Å². The first-order chi connectivity index (χ1) is 31.2. The van der Waals surface area contributed by atoms with Crippen molar-refractivity contribution in [2.24, 2.45) is 0 Å². The van der Waals surface area contributed by atoms with Gasteiger partial charge in [-0.3, -0.25) is 0 Å². The molecule has 0 amide bonds. The zero-order valence-electron chi connectivity index (χ0n) is 34.3. The lowest BCUT2D eigenvalue weighted by Crippen LogP contribution is -2.74. The van der Waals surface area contributed by atoms with Gasteiger partial charge in [-0.15, -0.1) is 0 Å². The molecular weight excluding hydrogens is 783 g/mol. The fourth-order valence-electron chi connectivity index (χ4n) is 10.3. The van der Waals surface area contributed by atoms with E-state index in [0.717, 1.165) is 39.3 Å². The van der Waals surface area contributed by atoms with Crippen LogP contribution in [0.4, 0.5) is 0 Å². The summed E-state index contributed by atoms with van der Waals surface area (Å²) in [5.41, 5.74) is 9.38. The van der Waals surface area contributed by atoms with Crippen LogP contribution in [0.15, 0.2) is 237 Å². The topological polar surface area (TPSA) is 47.9 Å². The Morgan fingerprint density at radius 1 is 0.302 bits per heavy atom. The van der Waals surface area contributed by atoms with E-state index in [-0.39, 0.29) is 0 Å². The summed E-state index contributed by atoms with van der Waals surface area (Å²) in [6.45, 7) is 0. The minimum Gasteiger partial charge on any atom is -0.457 e. The molecule has 12 rings (SSSR count). The third-order valence-electron chi connectivity index (χ3n) is 13.0. The SMILES string of the molecule is c1ccc(-c2nc(-c3ccc([Si](c4ccccc4)(c4ccccc4)c4ccccc4)cc3)nc(-c3ccc4c(c3)Oc3ccccc3C43c4ccccc4-c4ccccc43)n2)cc1. The smallest absolute Gasteiger partial charge is 0.179 e. The number of hydrogen-bond acceptors (Lipinski definition) is 4. The lowest BCUT2D eigenvalue weighted by atomic mass is 9.66. The van der Waals surface area contributed by atoms with Gasteiger partial charge in [0.1, 0.15) is 11.5 Å². The predicted molar refractivity (Wildman–Crippen MR) is 257 cm³/mol. The van der Waals surface area contributed by atoms with E-state index in [1.807, 2.05) is 18.2 Å². The molecule has 63 heavy (non-hydrogen) atoms. The highest BCUT2D eigenvalue weighted by atomic mass is 28.3. The summed E-state index contributed by atoms with van der Waals surface area (Å²) in [5.74, 6) is 3.43. The lowest BCUT2D eigenvalue weighted by Gasteiger charge is -2.39. The van der Waals surface area contributed by atoms with Crippen molar-refractivity contribution < 1.29 is 4.74 Å². The Balaban J connectivity index is 1.02. The van der Waals surface area contributed by atoms with Crippen molar-refractivity contribution in [1.82, 2.24) is 15.0 Å². The van der Waals surface area contributed by atoms with Crippen molar-refractivity contribution in [3.63, 3.8) is 0 Å². The highest BCUT2D eigenvalue weighted by molar-refractivity contribution is 7.19. The molecule has 1 aromatic heterocycles. The van der Waals surface area contributed by atoms with Crippen LogP contribution in [0.2, 0.25) is 0 Å². The van der Waals surface area contributed by atoms with Crippen LogP contribution in [0, 0.1) is 0 Å². The molecule has 2 aliphatic rings. The normalized spacial score (nSPS) is 13.0. The molecule has 1 spiro atoms. The molecule has 0 N–H and O–H groups in total. The van der Waals surface area contributed by atoms with Crippen LogP contribution in [0.3, 0.4) is 0 Å². The molecule has 0 bridgehead atoms. The second-order valence-electron chi connectivity index (χ2n) is 16.2. The quantitative estimate of drug-likeness (QED) is 0.119. The number of hydrogen-bond donors (Lipinski definition) is 0. The number of rotatable bonds is 7. The van der Waals surface area contributed by atoms with Crippen molar-refractivity contribution in [2.45, 2.75) is 5.41 Å². The Hall–Kier alpha value is -7.99. The van der Waals surface area contributed by atoms with Gasteiger partial charge in [0.2, 0.25) is 0 Å². The average molecular weight is 822 g/mol. The van der Waals surface area contributed by atoms with Gasteiger partial charge in [0.05, 0.1) is 5.41 Å². The van der Waals surface area contributed by atoms with Crippen molar-refractivity contribution in [2.75, 3.05) is 0 Å². The van der Waals surface area contributed by atoms with E-state index in [9.17, 15) is 0 Å². The first kappa shape index (κ1) is 36.8. The van der Waals surface area contributed by atoms with E-state index in [2.05, 4.69) is 218 Å². The average Bonchev–Trinajstić information content (AvgIpc) is 3.66. The monoisotopic (exact) mass is 821 g/mol. The molecule has 0 atom stereocenters. The van der Waals surface area contributed by atoms with Crippen LogP contribution in [-0.2, 0) is 5.41 Å². The summed E-state index contributed by atoms with van der Waals surface area (Å²) in [5, 5.41) is 5.26. The Kier molecular flexibility index (Phi) is 8.69. The van der Waals surface area contributed by atoms with Crippen molar-refractivity contribution in [1.29, 1.82) is 0 Å². The molecular formula is C58H39N3OSi. The number of fused-ring (bicyclic) bond motifs is 9. The van der Waals surface area contributed by atoms with E-state index in [0.29, 0.717) is 17.5 Å². The van der Waals surface area contributed by atoms with Gasteiger partial charge >= 0.3 is 0 Å². The maximum atomic E-state index is 6.87. The molecule has 5 heteroatoms. The number of aromatic nitrogens is 3. The maximum absolute atomic E-state index is 6.87. The Bertz CT molecular complexity index is 3160. The second kappa shape index (κ2) is 14.9. The molecule has 0 radical (unpaired) electrons.